The Morgan fingerprint density at radius 3 is 2.65 bits per heavy atom. The monoisotopic (exact) mass is 370 g/mol. The highest BCUT2D eigenvalue weighted by Crippen LogP contribution is 2.22. The number of carbonyl (C=O) groups is 1. The SMILES string of the molecule is CCOc1ccc(-n2c(SCC(=O)NN)nc3ccccc3c2=O)cc1. The van der Waals surface area contributed by atoms with Crippen molar-refractivity contribution in [2.45, 2.75) is 12.1 Å². The summed E-state index contributed by atoms with van der Waals surface area (Å²) in [4.78, 5) is 29.1. The molecule has 0 fully saturated rings. The minimum atomic E-state index is -0.351. The largest absolute Gasteiger partial charge is 0.494 e. The van der Waals surface area contributed by atoms with Gasteiger partial charge in [0.2, 0.25) is 5.91 Å². The van der Waals surface area contributed by atoms with E-state index < -0.39 is 0 Å². The van der Waals surface area contributed by atoms with Crippen LogP contribution in [-0.2, 0) is 4.79 Å². The molecule has 0 aliphatic carbocycles. The smallest absolute Gasteiger partial charge is 0.266 e. The average Bonchev–Trinajstić information content (AvgIpc) is 2.67. The molecule has 0 saturated carbocycles. The zero-order valence-corrected chi connectivity index (χ0v) is 15.0. The number of fused-ring (bicyclic) bond motifs is 1. The van der Waals surface area contributed by atoms with Crippen LogP contribution in [0.25, 0.3) is 16.6 Å². The summed E-state index contributed by atoms with van der Waals surface area (Å²) in [5, 5.41) is 0.926. The Kier molecular flexibility index (Phi) is 5.55. The molecule has 0 aliphatic heterocycles. The minimum Gasteiger partial charge on any atom is -0.494 e. The summed E-state index contributed by atoms with van der Waals surface area (Å²) in [5.74, 6) is 5.56. The van der Waals surface area contributed by atoms with E-state index >= 15 is 0 Å². The molecule has 2 aromatic carbocycles. The highest BCUT2D eigenvalue weighted by molar-refractivity contribution is 7.99. The van der Waals surface area contributed by atoms with Gasteiger partial charge < -0.3 is 4.74 Å². The van der Waals surface area contributed by atoms with Crippen LogP contribution in [0.4, 0.5) is 0 Å². The summed E-state index contributed by atoms with van der Waals surface area (Å²) in [6, 6.07) is 14.3. The van der Waals surface area contributed by atoms with Crippen LogP contribution in [-0.4, -0.2) is 27.8 Å². The zero-order chi connectivity index (χ0) is 18.5. The van der Waals surface area contributed by atoms with Crippen molar-refractivity contribution in [1.29, 1.82) is 0 Å². The second-order valence-electron chi connectivity index (χ2n) is 5.34. The number of amides is 1. The minimum absolute atomic E-state index is 0.0539. The zero-order valence-electron chi connectivity index (χ0n) is 14.1. The van der Waals surface area contributed by atoms with Crippen LogP contribution >= 0.6 is 11.8 Å². The van der Waals surface area contributed by atoms with E-state index in [1.807, 2.05) is 13.0 Å². The van der Waals surface area contributed by atoms with Gasteiger partial charge in [-0.15, -0.1) is 0 Å². The van der Waals surface area contributed by atoms with Gasteiger partial charge in [-0.3, -0.25) is 19.6 Å². The summed E-state index contributed by atoms with van der Waals surface area (Å²) in [6.45, 7) is 2.47. The van der Waals surface area contributed by atoms with E-state index in [0.29, 0.717) is 28.4 Å². The number of hydrogen-bond donors (Lipinski definition) is 2. The molecule has 7 nitrogen and oxygen atoms in total. The molecular formula is C18H18N4O3S. The molecule has 0 radical (unpaired) electrons. The Balaban J connectivity index is 2.12. The molecular weight excluding hydrogens is 352 g/mol. The highest BCUT2D eigenvalue weighted by Gasteiger charge is 2.14. The molecule has 8 heteroatoms. The van der Waals surface area contributed by atoms with Crippen molar-refractivity contribution in [3.63, 3.8) is 0 Å². The summed E-state index contributed by atoms with van der Waals surface area (Å²) >= 11 is 1.15. The van der Waals surface area contributed by atoms with Crippen molar-refractivity contribution in [1.82, 2.24) is 15.0 Å². The Bertz CT molecular complexity index is 986. The van der Waals surface area contributed by atoms with Crippen LogP contribution in [0.15, 0.2) is 58.5 Å². The van der Waals surface area contributed by atoms with Gasteiger partial charge in [0.1, 0.15) is 5.75 Å². The summed E-state index contributed by atoms with van der Waals surface area (Å²) in [6.07, 6.45) is 0. The lowest BCUT2D eigenvalue weighted by Crippen LogP contribution is -2.32. The summed E-state index contributed by atoms with van der Waals surface area (Å²) in [7, 11) is 0. The van der Waals surface area contributed by atoms with Gasteiger partial charge in [-0.2, -0.15) is 0 Å². The lowest BCUT2D eigenvalue weighted by atomic mass is 10.2. The molecule has 1 amide bonds. The van der Waals surface area contributed by atoms with Crippen LogP contribution < -0.4 is 21.6 Å². The second-order valence-corrected chi connectivity index (χ2v) is 6.28. The predicted molar refractivity (Wildman–Crippen MR) is 102 cm³/mol. The number of hydrazine groups is 1. The molecule has 1 aromatic heterocycles. The van der Waals surface area contributed by atoms with Crippen LogP contribution in [0.2, 0.25) is 0 Å². The van der Waals surface area contributed by atoms with Crippen molar-refractivity contribution >= 4 is 28.6 Å². The molecule has 0 spiro atoms. The van der Waals surface area contributed by atoms with Gasteiger partial charge in [0, 0.05) is 0 Å². The maximum atomic E-state index is 13.0. The fraction of sp³-hybridized carbons (Fsp3) is 0.167. The molecule has 1 heterocycles. The van der Waals surface area contributed by atoms with Crippen molar-refractivity contribution < 1.29 is 9.53 Å². The number of nitrogens with zero attached hydrogens (tertiary/aromatic N) is 2. The Morgan fingerprint density at radius 2 is 1.96 bits per heavy atom. The van der Waals surface area contributed by atoms with Gasteiger partial charge in [-0.1, -0.05) is 23.9 Å². The predicted octanol–water partition coefficient (Wildman–Crippen LogP) is 1.87. The Hall–Kier alpha value is -2.84. The number of hydrogen-bond acceptors (Lipinski definition) is 6. The molecule has 3 N–H and O–H groups in total. The van der Waals surface area contributed by atoms with Crippen LogP contribution in [0.1, 0.15) is 6.92 Å². The number of ether oxygens (including phenoxy) is 1. The normalized spacial score (nSPS) is 10.7. The number of aromatic nitrogens is 2. The van der Waals surface area contributed by atoms with Gasteiger partial charge in [0.05, 0.1) is 29.0 Å². The molecule has 134 valence electrons. The van der Waals surface area contributed by atoms with E-state index in [9.17, 15) is 9.59 Å². The first-order valence-electron chi connectivity index (χ1n) is 8.01. The third-order valence-corrected chi connectivity index (χ3v) is 4.58. The fourth-order valence-electron chi connectivity index (χ4n) is 2.47. The number of thioether (sulfide) groups is 1. The number of nitrogens with one attached hydrogen (secondary N) is 1. The van der Waals surface area contributed by atoms with Crippen LogP contribution in [0.5, 0.6) is 5.75 Å². The first-order valence-corrected chi connectivity index (χ1v) is 9.00. The molecule has 3 aromatic rings. The third-order valence-electron chi connectivity index (χ3n) is 3.64. The van der Waals surface area contributed by atoms with Crippen molar-refractivity contribution in [2.24, 2.45) is 5.84 Å². The lowest BCUT2D eigenvalue weighted by molar-refractivity contribution is -0.118. The van der Waals surface area contributed by atoms with Gasteiger partial charge in [-0.05, 0) is 43.3 Å². The second kappa shape index (κ2) is 8.03. The summed E-state index contributed by atoms with van der Waals surface area (Å²) < 4.78 is 6.94. The molecule has 0 saturated heterocycles. The van der Waals surface area contributed by atoms with Crippen molar-refractivity contribution in [3.05, 3.63) is 58.9 Å². The van der Waals surface area contributed by atoms with E-state index in [2.05, 4.69) is 10.4 Å². The molecule has 0 unspecified atom stereocenters. The third kappa shape index (κ3) is 3.71. The number of benzene rings is 2. The number of carbonyl (C=O) groups excluding carboxylic acids is 1. The lowest BCUT2D eigenvalue weighted by Gasteiger charge is -2.13. The molecule has 3 rings (SSSR count). The number of para-hydroxylation sites is 1. The standard InChI is InChI=1S/C18H18N4O3S/c1-2-25-13-9-7-12(8-10-13)22-17(24)14-5-3-4-6-15(14)20-18(22)26-11-16(23)21-19/h3-10H,2,11,19H2,1H3,(H,21,23). The average molecular weight is 370 g/mol. The molecule has 0 aliphatic rings. The first kappa shape index (κ1) is 18.0. The van der Waals surface area contributed by atoms with Crippen molar-refractivity contribution in [2.75, 3.05) is 12.4 Å². The fourth-order valence-corrected chi connectivity index (χ4v) is 3.29. The summed E-state index contributed by atoms with van der Waals surface area (Å²) in [5.41, 5.74) is 3.10. The van der Waals surface area contributed by atoms with E-state index in [4.69, 9.17) is 10.6 Å². The maximum absolute atomic E-state index is 13.0. The molecule has 0 atom stereocenters. The van der Waals surface area contributed by atoms with Gasteiger partial charge in [0.15, 0.2) is 5.16 Å². The Morgan fingerprint density at radius 1 is 1.23 bits per heavy atom. The molecule has 26 heavy (non-hydrogen) atoms. The first-order chi connectivity index (χ1) is 12.6. The maximum Gasteiger partial charge on any atom is 0.266 e. The van der Waals surface area contributed by atoms with E-state index in [1.54, 1.807) is 42.5 Å². The van der Waals surface area contributed by atoms with E-state index in [-0.39, 0.29) is 17.2 Å². The van der Waals surface area contributed by atoms with Crippen LogP contribution in [0, 0.1) is 0 Å². The highest BCUT2D eigenvalue weighted by atomic mass is 32.2. The van der Waals surface area contributed by atoms with E-state index in [0.717, 1.165) is 17.5 Å². The topological polar surface area (TPSA) is 99.2 Å². The van der Waals surface area contributed by atoms with Gasteiger partial charge >= 0.3 is 0 Å². The number of nitrogens with two attached hydrogens (primary N) is 1. The molecule has 0 bridgehead atoms. The number of rotatable bonds is 6. The van der Waals surface area contributed by atoms with Gasteiger partial charge in [0.25, 0.3) is 5.56 Å². The quantitative estimate of drug-likeness (QED) is 0.226. The Labute approximate surface area is 154 Å². The van der Waals surface area contributed by atoms with Crippen LogP contribution in [0.3, 0.4) is 0 Å². The van der Waals surface area contributed by atoms with Gasteiger partial charge in [-0.25, -0.2) is 10.8 Å². The van der Waals surface area contributed by atoms with Crippen molar-refractivity contribution in [3.8, 4) is 11.4 Å². The van der Waals surface area contributed by atoms with E-state index in [1.165, 1.54) is 4.57 Å².